The highest BCUT2D eigenvalue weighted by molar-refractivity contribution is 5.12. The van der Waals surface area contributed by atoms with E-state index in [-0.39, 0.29) is 0 Å². The first-order valence-electron chi connectivity index (χ1n) is 6.29. The molecule has 1 heterocycles. The van der Waals surface area contributed by atoms with Crippen LogP contribution in [0.4, 0.5) is 8.78 Å². The SMILES string of the molecule is CC1(C)C(CNCc2nccn2C(F)F)C1(C)C. The van der Waals surface area contributed by atoms with Gasteiger partial charge in [-0.1, -0.05) is 27.7 Å². The van der Waals surface area contributed by atoms with Crippen molar-refractivity contribution in [1.82, 2.24) is 14.9 Å². The number of imidazole rings is 1. The van der Waals surface area contributed by atoms with E-state index in [1.165, 1.54) is 12.4 Å². The van der Waals surface area contributed by atoms with E-state index < -0.39 is 6.55 Å². The van der Waals surface area contributed by atoms with E-state index in [2.05, 4.69) is 38.0 Å². The Labute approximate surface area is 107 Å². The van der Waals surface area contributed by atoms with Gasteiger partial charge in [0.2, 0.25) is 0 Å². The summed E-state index contributed by atoms with van der Waals surface area (Å²) < 4.78 is 26.1. The second-order valence-electron chi connectivity index (χ2n) is 6.16. The monoisotopic (exact) mass is 257 g/mol. The van der Waals surface area contributed by atoms with Crippen molar-refractivity contribution in [2.75, 3.05) is 6.54 Å². The van der Waals surface area contributed by atoms with Gasteiger partial charge in [0, 0.05) is 12.4 Å². The summed E-state index contributed by atoms with van der Waals surface area (Å²) >= 11 is 0. The molecule has 0 bridgehead atoms. The van der Waals surface area contributed by atoms with Gasteiger partial charge in [-0.3, -0.25) is 4.57 Å². The fraction of sp³-hybridized carbons (Fsp3) is 0.769. The molecule has 2 rings (SSSR count). The summed E-state index contributed by atoms with van der Waals surface area (Å²) in [6, 6.07) is 0. The van der Waals surface area contributed by atoms with Crippen LogP contribution in [0.25, 0.3) is 0 Å². The molecule has 0 aliphatic heterocycles. The van der Waals surface area contributed by atoms with Crippen molar-refractivity contribution in [3.05, 3.63) is 18.2 Å². The molecule has 1 aliphatic rings. The third-order valence-corrected chi connectivity index (χ3v) is 4.91. The summed E-state index contributed by atoms with van der Waals surface area (Å²) in [5, 5.41) is 3.24. The second-order valence-corrected chi connectivity index (χ2v) is 6.16. The predicted octanol–water partition coefficient (Wildman–Crippen LogP) is 3.05. The van der Waals surface area contributed by atoms with Gasteiger partial charge in [0.25, 0.3) is 0 Å². The third-order valence-electron chi connectivity index (χ3n) is 4.91. The first-order chi connectivity index (χ1) is 8.28. The number of halogens is 2. The van der Waals surface area contributed by atoms with Gasteiger partial charge in [-0.25, -0.2) is 4.98 Å². The number of nitrogens with one attached hydrogen (secondary N) is 1. The van der Waals surface area contributed by atoms with Crippen LogP contribution in [0.15, 0.2) is 12.4 Å². The van der Waals surface area contributed by atoms with Crippen molar-refractivity contribution in [2.24, 2.45) is 16.7 Å². The molecule has 1 aromatic rings. The average molecular weight is 257 g/mol. The smallest absolute Gasteiger partial charge is 0.310 e. The van der Waals surface area contributed by atoms with Crippen molar-refractivity contribution < 1.29 is 8.78 Å². The zero-order chi connectivity index (χ0) is 13.6. The summed E-state index contributed by atoms with van der Waals surface area (Å²) in [6.07, 6.45) is 2.72. The van der Waals surface area contributed by atoms with Gasteiger partial charge in [0.1, 0.15) is 5.82 Å². The van der Waals surface area contributed by atoms with Crippen molar-refractivity contribution in [3.63, 3.8) is 0 Å². The molecular weight excluding hydrogens is 236 g/mol. The maximum atomic E-state index is 12.6. The van der Waals surface area contributed by atoms with Gasteiger partial charge in [0.05, 0.1) is 6.54 Å². The highest BCUT2D eigenvalue weighted by Crippen LogP contribution is 2.67. The largest absolute Gasteiger partial charge is 0.319 e. The van der Waals surface area contributed by atoms with Gasteiger partial charge in [-0.15, -0.1) is 0 Å². The third kappa shape index (κ3) is 2.05. The Balaban J connectivity index is 1.85. The van der Waals surface area contributed by atoms with Crippen LogP contribution in [0.5, 0.6) is 0 Å². The fourth-order valence-corrected chi connectivity index (χ4v) is 2.83. The lowest BCUT2D eigenvalue weighted by Gasteiger charge is -2.08. The molecule has 1 N–H and O–H groups in total. The van der Waals surface area contributed by atoms with E-state index in [1.54, 1.807) is 0 Å². The van der Waals surface area contributed by atoms with Crippen LogP contribution in [0.1, 0.15) is 40.1 Å². The molecule has 1 aliphatic carbocycles. The number of aromatic nitrogens is 2. The molecule has 0 atom stereocenters. The molecule has 0 spiro atoms. The van der Waals surface area contributed by atoms with E-state index in [9.17, 15) is 8.78 Å². The van der Waals surface area contributed by atoms with E-state index in [0.29, 0.717) is 29.1 Å². The van der Waals surface area contributed by atoms with E-state index >= 15 is 0 Å². The number of alkyl halides is 2. The number of hydrogen-bond acceptors (Lipinski definition) is 2. The van der Waals surface area contributed by atoms with Crippen LogP contribution in [0.2, 0.25) is 0 Å². The minimum atomic E-state index is -2.52. The molecule has 1 fully saturated rings. The summed E-state index contributed by atoms with van der Waals surface area (Å²) in [5.41, 5.74) is 0.635. The average Bonchev–Trinajstić information content (AvgIpc) is 2.66. The van der Waals surface area contributed by atoms with Crippen LogP contribution in [0.3, 0.4) is 0 Å². The standard InChI is InChI=1S/C13H21F2N3/c1-12(2)9(13(12,3)4)7-16-8-10-17-5-6-18(10)11(14)15/h5-6,9,11,16H,7-8H2,1-4H3. The molecule has 0 amide bonds. The van der Waals surface area contributed by atoms with E-state index in [4.69, 9.17) is 0 Å². The topological polar surface area (TPSA) is 29.9 Å². The minimum Gasteiger partial charge on any atom is -0.310 e. The molecule has 0 radical (unpaired) electrons. The summed E-state index contributed by atoms with van der Waals surface area (Å²) in [6.45, 7) is 7.71. The van der Waals surface area contributed by atoms with Crippen molar-refractivity contribution >= 4 is 0 Å². The summed E-state index contributed by atoms with van der Waals surface area (Å²) in [7, 11) is 0. The summed E-state index contributed by atoms with van der Waals surface area (Å²) in [5.74, 6) is 0.973. The van der Waals surface area contributed by atoms with E-state index in [1.807, 2.05) is 0 Å². The maximum absolute atomic E-state index is 12.6. The van der Waals surface area contributed by atoms with Gasteiger partial charge >= 0.3 is 6.55 Å². The number of hydrogen-bond donors (Lipinski definition) is 1. The van der Waals surface area contributed by atoms with Gasteiger partial charge in [-0.05, 0) is 23.3 Å². The Morgan fingerprint density at radius 2 is 1.94 bits per heavy atom. The summed E-state index contributed by atoms with van der Waals surface area (Å²) in [4.78, 5) is 3.95. The Morgan fingerprint density at radius 3 is 2.44 bits per heavy atom. The normalized spacial score (nSPS) is 21.5. The fourth-order valence-electron chi connectivity index (χ4n) is 2.83. The molecule has 0 saturated heterocycles. The second kappa shape index (κ2) is 4.30. The van der Waals surface area contributed by atoms with Gasteiger partial charge < -0.3 is 5.32 Å². The highest BCUT2D eigenvalue weighted by atomic mass is 19.3. The Kier molecular flexibility index (Phi) is 3.21. The Morgan fingerprint density at radius 1 is 1.33 bits per heavy atom. The minimum absolute atomic E-state index is 0.318. The lowest BCUT2D eigenvalue weighted by molar-refractivity contribution is 0.0666. The first kappa shape index (κ1) is 13.5. The van der Waals surface area contributed by atoms with Gasteiger partial charge in [-0.2, -0.15) is 8.78 Å². The van der Waals surface area contributed by atoms with Crippen LogP contribution < -0.4 is 5.32 Å². The molecule has 0 unspecified atom stereocenters. The molecule has 3 nitrogen and oxygen atoms in total. The van der Waals surface area contributed by atoms with Crippen molar-refractivity contribution in [1.29, 1.82) is 0 Å². The van der Waals surface area contributed by atoms with Crippen LogP contribution in [-0.4, -0.2) is 16.1 Å². The van der Waals surface area contributed by atoms with Crippen LogP contribution in [-0.2, 0) is 6.54 Å². The highest BCUT2D eigenvalue weighted by Gasteiger charge is 2.63. The quantitative estimate of drug-likeness (QED) is 0.878. The zero-order valence-electron chi connectivity index (χ0n) is 11.4. The van der Waals surface area contributed by atoms with E-state index in [0.717, 1.165) is 11.1 Å². The molecule has 1 saturated carbocycles. The first-order valence-corrected chi connectivity index (χ1v) is 6.29. The van der Waals surface area contributed by atoms with Crippen molar-refractivity contribution in [2.45, 2.75) is 40.8 Å². The lowest BCUT2D eigenvalue weighted by Crippen LogP contribution is -2.21. The Bertz CT molecular complexity index is 410. The predicted molar refractivity (Wildman–Crippen MR) is 66.2 cm³/mol. The van der Waals surface area contributed by atoms with Crippen LogP contribution >= 0.6 is 0 Å². The molecule has 0 aromatic carbocycles. The van der Waals surface area contributed by atoms with Crippen molar-refractivity contribution in [3.8, 4) is 0 Å². The molecule has 18 heavy (non-hydrogen) atoms. The number of rotatable bonds is 5. The molecule has 102 valence electrons. The molecular formula is C13H21F2N3. The Hall–Kier alpha value is -0.970. The molecule has 1 aromatic heterocycles. The van der Waals surface area contributed by atoms with Crippen LogP contribution in [0, 0.1) is 16.7 Å². The van der Waals surface area contributed by atoms with Gasteiger partial charge in [0.15, 0.2) is 0 Å². The number of nitrogens with zero attached hydrogens (tertiary/aromatic N) is 2. The maximum Gasteiger partial charge on any atom is 0.319 e. The molecule has 5 heteroatoms. The lowest BCUT2D eigenvalue weighted by atomic mass is 10.0. The zero-order valence-corrected chi connectivity index (χ0v) is 11.4.